The molecular formula is C20H13FN4O2. The molecule has 1 N–H and O–H groups in total. The first kappa shape index (κ1) is 16.7. The van der Waals surface area contributed by atoms with Crippen LogP contribution in [0.3, 0.4) is 0 Å². The zero-order valence-electron chi connectivity index (χ0n) is 14.0. The van der Waals surface area contributed by atoms with Gasteiger partial charge < -0.3 is 10.1 Å². The number of ether oxygens (including phenoxy) is 1. The lowest BCUT2D eigenvalue weighted by Gasteiger charge is -2.17. The highest BCUT2D eigenvalue weighted by atomic mass is 19.1. The van der Waals surface area contributed by atoms with Crippen LogP contribution in [0.25, 0.3) is 0 Å². The van der Waals surface area contributed by atoms with E-state index in [4.69, 9.17) is 4.74 Å². The van der Waals surface area contributed by atoms with Gasteiger partial charge in [0.15, 0.2) is 6.10 Å². The summed E-state index contributed by atoms with van der Waals surface area (Å²) in [6.07, 6.45) is 6.86. The van der Waals surface area contributed by atoms with E-state index in [1.54, 1.807) is 43.1 Å². The molecule has 132 valence electrons. The lowest BCUT2D eigenvalue weighted by molar-refractivity contribution is 0.132. The number of halogens is 1. The highest BCUT2D eigenvalue weighted by Crippen LogP contribution is 2.36. The fourth-order valence-corrected chi connectivity index (χ4v) is 2.79. The lowest BCUT2D eigenvalue weighted by atomic mass is 9.97. The summed E-state index contributed by atoms with van der Waals surface area (Å²) >= 11 is 0. The molecule has 1 fully saturated rings. The number of cyclic esters (lactones) is 1. The van der Waals surface area contributed by atoms with Crippen LogP contribution in [0.4, 0.5) is 9.18 Å². The van der Waals surface area contributed by atoms with E-state index < -0.39 is 18.2 Å². The van der Waals surface area contributed by atoms with Crippen molar-refractivity contribution in [1.29, 1.82) is 0 Å². The Kier molecular flexibility index (Phi) is 4.45. The summed E-state index contributed by atoms with van der Waals surface area (Å²) in [6.45, 7) is 0. The van der Waals surface area contributed by atoms with Crippen LogP contribution >= 0.6 is 0 Å². The van der Waals surface area contributed by atoms with E-state index in [0.29, 0.717) is 16.8 Å². The molecule has 0 bridgehead atoms. The van der Waals surface area contributed by atoms with Gasteiger partial charge in [-0.05, 0) is 35.2 Å². The van der Waals surface area contributed by atoms with Gasteiger partial charge in [0.2, 0.25) is 0 Å². The maximum atomic E-state index is 13.2. The number of rotatable bonds is 2. The van der Waals surface area contributed by atoms with Crippen LogP contribution in [0.2, 0.25) is 0 Å². The minimum Gasteiger partial charge on any atom is -0.439 e. The molecule has 3 heterocycles. The third-order valence-electron chi connectivity index (χ3n) is 4.03. The molecule has 0 spiro atoms. The number of carbonyl (C=O) groups excluding carboxylic acids is 1. The van der Waals surface area contributed by atoms with Crippen LogP contribution in [0.15, 0.2) is 61.3 Å². The second kappa shape index (κ2) is 7.22. The Morgan fingerprint density at radius 2 is 1.85 bits per heavy atom. The maximum absolute atomic E-state index is 13.2. The second-order valence-corrected chi connectivity index (χ2v) is 5.85. The quantitative estimate of drug-likeness (QED) is 0.711. The molecule has 1 aliphatic rings. The molecule has 4 rings (SSSR count). The van der Waals surface area contributed by atoms with Crippen molar-refractivity contribution >= 4 is 6.09 Å². The van der Waals surface area contributed by atoms with Gasteiger partial charge in [-0.15, -0.1) is 0 Å². The Bertz CT molecular complexity index is 1030. The van der Waals surface area contributed by atoms with Crippen LogP contribution < -0.4 is 5.32 Å². The van der Waals surface area contributed by atoms with Crippen LogP contribution in [0.5, 0.6) is 0 Å². The summed E-state index contributed by atoms with van der Waals surface area (Å²) in [6, 6.07) is 7.23. The number of pyridine rings is 1. The summed E-state index contributed by atoms with van der Waals surface area (Å²) in [5.41, 5.74) is 2.64. The summed E-state index contributed by atoms with van der Waals surface area (Å²) < 4.78 is 18.6. The Balaban J connectivity index is 1.63. The van der Waals surface area contributed by atoms with Gasteiger partial charge in [0.25, 0.3) is 0 Å². The van der Waals surface area contributed by atoms with E-state index in [9.17, 15) is 9.18 Å². The molecule has 1 aromatic carbocycles. The molecule has 0 aliphatic carbocycles. The van der Waals surface area contributed by atoms with Crippen molar-refractivity contribution in [3.63, 3.8) is 0 Å². The molecule has 0 unspecified atom stereocenters. The highest BCUT2D eigenvalue weighted by Gasteiger charge is 2.36. The van der Waals surface area contributed by atoms with E-state index in [1.807, 2.05) is 6.07 Å². The molecule has 27 heavy (non-hydrogen) atoms. The average molecular weight is 360 g/mol. The maximum Gasteiger partial charge on any atom is 0.408 e. The Hall–Kier alpha value is -3.79. The van der Waals surface area contributed by atoms with E-state index >= 15 is 0 Å². The van der Waals surface area contributed by atoms with Crippen molar-refractivity contribution in [3.8, 4) is 11.8 Å². The van der Waals surface area contributed by atoms with E-state index in [2.05, 4.69) is 32.1 Å². The number of alkyl carbamates (subject to hydrolysis) is 1. The third-order valence-corrected chi connectivity index (χ3v) is 4.03. The fourth-order valence-electron chi connectivity index (χ4n) is 2.79. The van der Waals surface area contributed by atoms with Gasteiger partial charge in [-0.1, -0.05) is 18.1 Å². The second-order valence-electron chi connectivity index (χ2n) is 5.85. The SMILES string of the molecule is O=C1N[C@H](c2cncc(C#Cc3cnccn3)c2)[C@@H](c2ccc(F)cc2)O1. The molecule has 0 radical (unpaired) electrons. The minimum atomic E-state index is -0.580. The molecule has 6 nitrogen and oxygen atoms in total. The van der Waals surface area contributed by atoms with Gasteiger partial charge in [0.05, 0.1) is 6.20 Å². The van der Waals surface area contributed by atoms with Gasteiger partial charge in [-0.2, -0.15) is 0 Å². The van der Waals surface area contributed by atoms with Gasteiger partial charge in [0, 0.05) is 30.4 Å². The number of benzene rings is 1. The Morgan fingerprint density at radius 1 is 1.00 bits per heavy atom. The van der Waals surface area contributed by atoms with Crippen molar-refractivity contribution < 1.29 is 13.9 Å². The predicted octanol–water partition coefficient (Wildman–Crippen LogP) is 2.93. The minimum absolute atomic E-state index is 0.351. The van der Waals surface area contributed by atoms with Crippen LogP contribution in [0.1, 0.15) is 34.5 Å². The van der Waals surface area contributed by atoms with Crippen molar-refractivity contribution in [2.75, 3.05) is 0 Å². The van der Waals surface area contributed by atoms with Crippen LogP contribution in [0, 0.1) is 17.7 Å². The number of carbonyl (C=O) groups is 1. The standard InChI is InChI=1S/C20H13FN4O2/c21-16-4-2-14(3-5-16)19-18(25-20(26)27-19)15-9-13(10-23-11-15)1-6-17-12-22-7-8-24-17/h2-5,7-12,18-19H,(H,25,26)/t18-,19-/m1/s1. The topological polar surface area (TPSA) is 77.0 Å². The first-order valence-corrected chi connectivity index (χ1v) is 8.14. The van der Waals surface area contributed by atoms with Gasteiger partial charge in [-0.25, -0.2) is 14.2 Å². The number of nitrogens with one attached hydrogen (secondary N) is 1. The normalized spacial score (nSPS) is 18.2. The van der Waals surface area contributed by atoms with Gasteiger partial charge in [0.1, 0.15) is 17.6 Å². The number of aromatic nitrogens is 3. The zero-order valence-corrected chi connectivity index (χ0v) is 14.0. The number of hydrogen-bond acceptors (Lipinski definition) is 5. The largest absolute Gasteiger partial charge is 0.439 e. The van der Waals surface area contributed by atoms with Crippen molar-refractivity contribution in [1.82, 2.24) is 20.3 Å². The fraction of sp³-hybridized carbons (Fsp3) is 0.100. The molecule has 1 aliphatic heterocycles. The monoisotopic (exact) mass is 360 g/mol. The first-order chi connectivity index (χ1) is 13.2. The highest BCUT2D eigenvalue weighted by molar-refractivity contribution is 5.71. The van der Waals surface area contributed by atoms with Crippen molar-refractivity contribution in [3.05, 3.63) is 89.5 Å². The summed E-state index contributed by atoms with van der Waals surface area (Å²) in [5, 5.41) is 2.77. The average Bonchev–Trinajstić information content (AvgIpc) is 3.10. The Morgan fingerprint density at radius 3 is 2.63 bits per heavy atom. The van der Waals surface area contributed by atoms with Gasteiger partial charge in [-0.3, -0.25) is 9.97 Å². The first-order valence-electron chi connectivity index (χ1n) is 8.14. The third kappa shape index (κ3) is 3.75. The molecular weight excluding hydrogens is 347 g/mol. The molecule has 3 aromatic rings. The molecule has 1 amide bonds. The molecule has 0 saturated carbocycles. The van der Waals surface area contributed by atoms with Gasteiger partial charge >= 0.3 is 6.09 Å². The molecule has 2 atom stereocenters. The van der Waals surface area contributed by atoms with Crippen LogP contribution in [-0.4, -0.2) is 21.0 Å². The zero-order chi connectivity index (χ0) is 18.6. The number of amides is 1. The van der Waals surface area contributed by atoms with Crippen LogP contribution in [-0.2, 0) is 4.74 Å². The smallest absolute Gasteiger partial charge is 0.408 e. The summed E-state index contributed by atoms with van der Waals surface area (Å²) in [5.74, 6) is 5.54. The molecule has 1 saturated heterocycles. The molecule has 7 heteroatoms. The van der Waals surface area contributed by atoms with Crippen molar-refractivity contribution in [2.45, 2.75) is 12.1 Å². The van der Waals surface area contributed by atoms with E-state index in [1.165, 1.54) is 12.1 Å². The number of hydrogen-bond donors (Lipinski definition) is 1. The Labute approximate surface area is 154 Å². The van der Waals surface area contributed by atoms with E-state index in [-0.39, 0.29) is 5.82 Å². The summed E-state index contributed by atoms with van der Waals surface area (Å²) in [7, 11) is 0. The van der Waals surface area contributed by atoms with Crippen molar-refractivity contribution in [2.24, 2.45) is 0 Å². The van der Waals surface area contributed by atoms with E-state index in [0.717, 1.165) is 5.56 Å². The number of nitrogens with zero attached hydrogens (tertiary/aromatic N) is 3. The molecule has 2 aromatic heterocycles. The summed E-state index contributed by atoms with van der Waals surface area (Å²) in [4.78, 5) is 24.1. The predicted molar refractivity (Wildman–Crippen MR) is 93.7 cm³/mol. The lowest BCUT2D eigenvalue weighted by Crippen LogP contribution is -2.19.